The average Bonchev–Trinajstić information content (AvgIpc) is 2.87. The number of ether oxygens (including phenoxy) is 1. The van der Waals surface area contributed by atoms with Crippen LogP contribution in [0.1, 0.15) is 27.0 Å². The van der Waals surface area contributed by atoms with Crippen molar-refractivity contribution in [2.24, 2.45) is 0 Å². The van der Waals surface area contributed by atoms with E-state index in [4.69, 9.17) is 4.74 Å². The van der Waals surface area contributed by atoms with Gasteiger partial charge in [-0.2, -0.15) is 4.31 Å². The van der Waals surface area contributed by atoms with E-state index in [1.807, 2.05) is 19.9 Å². The van der Waals surface area contributed by atoms with E-state index >= 15 is 0 Å². The Bertz CT molecular complexity index is 1530. The molecule has 0 saturated carbocycles. The van der Waals surface area contributed by atoms with Gasteiger partial charge in [-0.05, 0) is 86.0 Å². The van der Waals surface area contributed by atoms with Crippen LogP contribution in [0.15, 0.2) is 70.5 Å². The molecule has 1 aliphatic rings. The first-order chi connectivity index (χ1) is 17.5. The smallest absolute Gasteiger partial charge is 0.261 e. The van der Waals surface area contributed by atoms with Crippen molar-refractivity contribution in [1.82, 2.24) is 4.31 Å². The average molecular weight is 544 g/mol. The summed E-state index contributed by atoms with van der Waals surface area (Å²) in [6.07, 6.45) is 0. The number of hydrogen-bond acceptors (Lipinski definition) is 6. The number of anilines is 2. The predicted octanol–water partition coefficient (Wildman–Crippen LogP) is 3.69. The lowest BCUT2D eigenvalue weighted by atomic mass is 10.1. The van der Waals surface area contributed by atoms with Gasteiger partial charge in [-0.1, -0.05) is 12.1 Å². The minimum absolute atomic E-state index is 0.0315. The highest BCUT2D eigenvalue weighted by atomic mass is 32.2. The maximum Gasteiger partial charge on any atom is 0.261 e. The van der Waals surface area contributed by atoms with Crippen molar-refractivity contribution >= 4 is 37.3 Å². The molecule has 0 atom stereocenters. The highest BCUT2D eigenvalue weighted by Gasteiger charge is 2.27. The van der Waals surface area contributed by atoms with Gasteiger partial charge in [-0.25, -0.2) is 16.8 Å². The lowest BCUT2D eigenvalue weighted by Gasteiger charge is -2.26. The molecule has 0 unspecified atom stereocenters. The number of aryl methyl sites for hydroxylation is 3. The molecular formula is C26H29N3O6S2. The zero-order valence-electron chi connectivity index (χ0n) is 20.8. The van der Waals surface area contributed by atoms with Crippen LogP contribution in [0.5, 0.6) is 0 Å². The van der Waals surface area contributed by atoms with E-state index in [0.717, 1.165) is 11.1 Å². The Morgan fingerprint density at radius 3 is 2.00 bits per heavy atom. The molecular weight excluding hydrogens is 514 g/mol. The number of morpholine rings is 1. The van der Waals surface area contributed by atoms with Crippen molar-refractivity contribution in [1.29, 1.82) is 0 Å². The van der Waals surface area contributed by atoms with Crippen LogP contribution in [0, 0.1) is 20.8 Å². The monoisotopic (exact) mass is 543 g/mol. The Kier molecular flexibility index (Phi) is 7.69. The Morgan fingerprint density at radius 1 is 0.757 bits per heavy atom. The van der Waals surface area contributed by atoms with Gasteiger partial charge in [-0.3, -0.25) is 9.52 Å². The molecule has 0 radical (unpaired) electrons. The molecule has 0 bridgehead atoms. The first kappa shape index (κ1) is 26.8. The Morgan fingerprint density at radius 2 is 1.35 bits per heavy atom. The fourth-order valence-electron chi connectivity index (χ4n) is 3.88. The summed E-state index contributed by atoms with van der Waals surface area (Å²) < 4.78 is 60.7. The molecule has 1 fully saturated rings. The third-order valence-corrected chi connectivity index (χ3v) is 9.53. The number of nitrogens with zero attached hydrogens (tertiary/aromatic N) is 1. The standard InChI is InChI=1S/C26H29N3O6S2/c1-18-4-6-22(16-20(18)3)28-36(31,32)23-10-7-21(8-11-23)27-26(30)25-17-24(9-5-19(25)2)37(33,34)29-12-14-35-15-13-29/h4-11,16-17,28H,12-15H2,1-3H3,(H,27,30). The van der Waals surface area contributed by atoms with Crippen molar-refractivity contribution in [3.8, 4) is 0 Å². The van der Waals surface area contributed by atoms with E-state index in [1.165, 1.54) is 40.7 Å². The van der Waals surface area contributed by atoms with Crippen LogP contribution in [0.25, 0.3) is 0 Å². The van der Waals surface area contributed by atoms with E-state index < -0.39 is 26.0 Å². The predicted molar refractivity (Wildman–Crippen MR) is 142 cm³/mol. The largest absolute Gasteiger partial charge is 0.379 e. The van der Waals surface area contributed by atoms with Gasteiger partial charge in [0.1, 0.15) is 0 Å². The van der Waals surface area contributed by atoms with Crippen LogP contribution >= 0.6 is 0 Å². The van der Waals surface area contributed by atoms with Gasteiger partial charge in [0.05, 0.1) is 23.0 Å². The SMILES string of the molecule is Cc1ccc(NS(=O)(=O)c2ccc(NC(=O)c3cc(S(=O)(=O)N4CCOCC4)ccc3C)cc2)cc1C. The summed E-state index contributed by atoms with van der Waals surface area (Å²) in [7, 11) is -7.58. The number of benzene rings is 3. The highest BCUT2D eigenvalue weighted by molar-refractivity contribution is 7.92. The van der Waals surface area contributed by atoms with Gasteiger partial charge >= 0.3 is 0 Å². The minimum atomic E-state index is -3.82. The van der Waals surface area contributed by atoms with Crippen molar-refractivity contribution in [2.75, 3.05) is 36.3 Å². The summed E-state index contributed by atoms with van der Waals surface area (Å²) >= 11 is 0. The first-order valence-corrected chi connectivity index (χ1v) is 14.6. The third kappa shape index (κ3) is 6.02. The van der Waals surface area contributed by atoms with E-state index in [0.29, 0.717) is 30.2 Å². The maximum atomic E-state index is 13.0. The Balaban J connectivity index is 1.50. The van der Waals surface area contributed by atoms with E-state index in [9.17, 15) is 21.6 Å². The summed E-state index contributed by atoms with van der Waals surface area (Å²) in [4.78, 5) is 13.1. The topological polar surface area (TPSA) is 122 Å². The molecule has 196 valence electrons. The molecule has 2 N–H and O–H groups in total. The van der Waals surface area contributed by atoms with Crippen LogP contribution in [-0.2, 0) is 24.8 Å². The quantitative estimate of drug-likeness (QED) is 0.469. The van der Waals surface area contributed by atoms with E-state index in [-0.39, 0.29) is 28.4 Å². The van der Waals surface area contributed by atoms with Crippen molar-refractivity contribution in [2.45, 2.75) is 30.6 Å². The molecule has 3 aromatic rings. The van der Waals surface area contributed by atoms with E-state index in [2.05, 4.69) is 10.0 Å². The molecule has 9 nitrogen and oxygen atoms in total. The zero-order valence-corrected chi connectivity index (χ0v) is 22.4. The van der Waals surface area contributed by atoms with Crippen LogP contribution < -0.4 is 10.0 Å². The molecule has 0 aliphatic carbocycles. The summed E-state index contributed by atoms with van der Waals surface area (Å²) in [5.74, 6) is -0.500. The molecule has 1 aliphatic heterocycles. The summed E-state index contributed by atoms with van der Waals surface area (Å²) in [5, 5.41) is 2.72. The number of carbonyl (C=O) groups is 1. The van der Waals surface area contributed by atoms with Gasteiger partial charge in [-0.15, -0.1) is 0 Å². The molecule has 1 amide bonds. The number of nitrogens with one attached hydrogen (secondary N) is 2. The van der Waals surface area contributed by atoms with Crippen LogP contribution in [0.3, 0.4) is 0 Å². The lowest BCUT2D eigenvalue weighted by molar-refractivity contribution is 0.0730. The lowest BCUT2D eigenvalue weighted by Crippen LogP contribution is -2.40. The van der Waals surface area contributed by atoms with Gasteiger partial charge in [0.25, 0.3) is 15.9 Å². The maximum absolute atomic E-state index is 13.0. The molecule has 0 spiro atoms. The summed E-state index contributed by atoms with van der Waals surface area (Å²) in [6.45, 7) is 6.72. The van der Waals surface area contributed by atoms with Crippen LogP contribution in [0.2, 0.25) is 0 Å². The van der Waals surface area contributed by atoms with Gasteiger partial charge < -0.3 is 10.1 Å². The van der Waals surface area contributed by atoms with Crippen LogP contribution in [0.4, 0.5) is 11.4 Å². The summed E-state index contributed by atoms with van der Waals surface area (Å²) in [5.41, 5.74) is 3.68. The second kappa shape index (κ2) is 10.6. The molecule has 4 rings (SSSR count). The molecule has 1 heterocycles. The number of sulfonamides is 2. The Labute approximate surface area is 217 Å². The fourth-order valence-corrected chi connectivity index (χ4v) is 6.36. The third-order valence-electron chi connectivity index (χ3n) is 6.24. The number of rotatable bonds is 7. The zero-order chi connectivity index (χ0) is 26.8. The summed E-state index contributed by atoms with van der Waals surface area (Å²) in [6, 6.07) is 15.5. The van der Waals surface area contributed by atoms with Gasteiger partial charge in [0, 0.05) is 30.0 Å². The van der Waals surface area contributed by atoms with Crippen molar-refractivity contribution < 1.29 is 26.4 Å². The molecule has 3 aromatic carbocycles. The molecule has 1 saturated heterocycles. The number of carbonyl (C=O) groups excluding carboxylic acids is 1. The highest BCUT2D eigenvalue weighted by Crippen LogP contribution is 2.23. The molecule has 37 heavy (non-hydrogen) atoms. The van der Waals surface area contributed by atoms with E-state index in [1.54, 1.807) is 25.1 Å². The second-order valence-electron chi connectivity index (χ2n) is 8.88. The number of amides is 1. The molecule has 0 aromatic heterocycles. The fraction of sp³-hybridized carbons (Fsp3) is 0.269. The van der Waals surface area contributed by atoms with Crippen molar-refractivity contribution in [3.05, 3.63) is 82.9 Å². The number of hydrogen-bond donors (Lipinski definition) is 2. The van der Waals surface area contributed by atoms with Gasteiger partial charge in [0.2, 0.25) is 10.0 Å². The van der Waals surface area contributed by atoms with Crippen molar-refractivity contribution in [3.63, 3.8) is 0 Å². The minimum Gasteiger partial charge on any atom is -0.379 e. The second-order valence-corrected chi connectivity index (χ2v) is 12.5. The van der Waals surface area contributed by atoms with Gasteiger partial charge in [0.15, 0.2) is 0 Å². The van der Waals surface area contributed by atoms with Crippen LogP contribution in [-0.4, -0.2) is 53.4 Å². The first-order valence-electron chi connectivity index (χ1n) is 11.7. The molecule has 11 heteroatoms. The Hall–Kier alpha value is -3.25. The normalized spacial score (nSPS) is 14.8.